The molecule has 8 heteroatoms. The molecule has 0 saturated heterocycles. The molecule has 3 rings (SSSR count). The highest BCUT2D eigenvalue weighted by Crippen LogP contribution is 2.12. The number of pyridine rings is 1. The number of anilines is 1. The summed E-state index contributed by atoms with van der Waals surface area (Å²) >= 11 is 0. The predicted octanol–water partition coefficient (Wildman–Crippen LogP) is 0.966. The number of nitrogens with two attached hydrogens (primary N) is 1. The van der Waals surface area contributed by atoms with Crippen molar-refractivity contribution in [2.24, 2.45) is 5.73 Å². The molecular formula is C13H12N6O2. The lowest BCUT2D eigenvalue weighted by atomic mass is 10.3. The van der Waals surface area contributed by atoms with Crippen molar-refractivity contribution in [2.45, 2.75) is 6.54 Å². The van der Waals surface area contributed by atoms with E-state index in [0.717, 1.165) is 0 Å². The number of nitrogens with zero attached hydrogens (tertiary/aromatic N) is 4. The van der Waals surface area contributed by atoms with Gasteiger partial charge in [0.25, 0.3) is 5.91 Å². The highest BCUT2D eigenvalue weighted by Gasteiger charge is 2.11. The van der Waals surface area contributed by atoms with Crippen LogP contribution in [0.3, 0.4) is 0 Å². The van der Waals surface area contributed by atoms with Gasteiger partial charge in [-0.25, -0.2) is 14.6 Å². The average Bonchev–Trinajstić information content (AvgIpc) is 3.19. The van der Waals surface area contributed by atoms with Crippen LogP contribution in [0.2, 0.25) is 0 Å². The number of carbonyl (C=O) groups is 1. The number of carbonyl (C=O) groups excluding carboxylic acids is 1. The number of furan rings is 1. The van der Waals surface area contributed by atoms with Gasteiger partial charge in [-0.05, 0) is 24.3 Å². The zero-order valence-electron chi connectivity index (χ0n) is 10.9. The van der Waals surface area contributed by atoms with E-state index in [0.29, 0.717) is 17.3 Å². The molecule has 21 heavy (non-hydrogen) atoms. The third kappa shape index (κ3) is 2.79. The first-order valence-corrected chi connectivity index (χ1v) is 6.17. The Bertz CT molecular complexity index is 732. The van der Waals surface area contributed by atoms with Crippen molar-refractivity contribution < 1.29 is 9.21 Å². The molecule has 3 aromatic rings. The van der Waals surface area contributed by atoms with Gasteiger partial charge in [-0.3, -0.25) is 4.79 Å². The first kappa shape index (κ1) is 13.0. The molecular weight excluding hydrogens is 272 g/mol. The normalized spacial score (nSPS) is 10.5. The third-order valence-corrected chi connectivity index (χ3v) is 2.75. The minimum atomic E-state index is -0.356. The minimum absolute atomic E-state index is 0.204. The predicted molar refractivity (Wildman–Crippen MR) is 73.7 cm³/mol. The van der Waals surface area contributed by atoms with E-state index < -0.39 is 0 Å². The lowest BCUT2D eigenvalue weighted by Crippen LogP contribution is -2.11. The summed E-state index contributed by atoms with van der Waals surface area (Å²) in [4.78, 5) is 20.0. The van der Waals surface area contributed by atoms with Crippen LogP contribution < -0.4 is 11.1 Å². The zero-order valence-corrected chi connectivity index (χ0v) is 10.9. The van der Waals surface area contributed by atoms with Gasteiger partial charge in [0.05, 0.1) is 18.4 Å². The van der Waals surface area contributed by atoms with E-state index in [2.05, 4.69) is 20.4 Å². The van der Waals surface area contributed by atoms with Crippen molar-refractivity contribution in [2.75, 3.05) is 5.32 Å². The molecule has 0 aliphatic heterocycles. The van der Waals surface area contributed by atoms with E-state index in [1.807, 2.05) is 0 Å². The maximum absolute atomic E-state index is 12.0. The molecule has 8 nitrogen and oxygen atoms in total. The largest absolute Gasteiger partial charge is 0.455 e. The average molecular weight is 284 g/mol. The van der Waals surface area contributed by atoms with Crippen LogP contribution >= 0.6 is 0 Å². The second-order valence-electron chi connectivity index (χ2n) is 4.17. The summed E-state index contributed by atoms with van der Waals surface area (Å²) in [6, 6.07) is 6.68. The second kappa shape index (κ2) is 5.55. The Balaban J connectivity index is 1.71. The molecule has 106 valence electrons. The molecule has 0 spiro atoms. The highest BCUT2D eigenvalue weighted by molar-refractivity contribution is 6.02. The molecule has 1 amide bonds. The van der Waals surface area contributed by atoms with E-state index in [1.165, 1.54) is 23.5 Å². The van der Waals surface area contributed by atoms with Crippen LogP contribution in [0.5, 0.6) is 0 Å². The first-order chi connectivity index (χ1) is 10.3. The van der Waals surface area contributed by atoms with Gasteiger partial charge in [0.1, 0.15) is 18.4 Å². The maximum Gasteiger partial charge on any atom is 0.291 e. The van der Waals surface area contributed by atoms with E-state index >= 15 is 0 Å². The van der Waals surface area contributed by atoms with Crippen LogP contribution in [0, 0.1) is 0 Å². The fourth-order valence-electron chi connectivity index (χ4n) is 1.72. The van der Waals surface area contributed by atoms with Crippen molar-refractivity contribution in [3.8, 4) is 5.82 Å². The Morgan fingerprint density at radius 3 is 2.86 bits per heavy atom. The molecule has 0 aliphatic rings. The number of hydrogen-bond acceptors (Lipinski definition) is 6. The van der Waals surface area contributed by atoms with E-state index in [1.54, 1.807) is 24.3 Å². The Morgan fingerprint density at radius 2 is 2.24 bits per heavy atom. The number of nitrogens with one attached hydrogen (secondary N) is 1. The highest BCUT2D eigenvalue weighted by atomic mass is 16.4. The number of amides is 1. The van der Waals surface area contributed by atoms with Crippen LogP contribution in [0.1, 0.15) is 16.3 Å². The van der Waals surface area contributed by atoms with E-state index in [9.17, 15) is 4.79 Å². The van der Waals surface area contributed by atoms with E-state index in [-0.39, 0.29) is 18.2 Å². The van der Waals surface area contributed by atoms with Gasteiger partial charge in [-0.1, -0.05) is 0 Å². The van der Waals surface area contributed by atoms with Crippen molar-refractivity contribution in [3.05, 3.63) is 54.6 Å². The van der Waals surface area contributed by atoms with Gasteiger partial charge in [0.2, 0.25) is 0 Å². The quantitative estimate of drug-likeness (QED) is 0.738. The number of aromatic nitrogens is 4. The SMILES string of the molecule is NCc1ccc(C(=O)Nc2ccc(-n3cncn3)nc2)o1. The smallest absolute Gasteiger partial charge is 0.291 e. The summed E-state index contributed by atoms with van der Waals surface area (Å²) in [5.41, 5.74) is 5.98. The topological polar surface area (TPSA) is 112 Å². The standard InChI is InChI=1S/C13H12N6O2/c14-5-10-2-3-11(21-10)13(20)18-9-1-4-12(16-6-9)19-8-15-7-17-19/h1-4,6-8H,5,14H2,(H,18,20). The Hall–Kier alpha value is -3.00. The number of hydrogen-bond donors (Lipinski definition) is 2. The van der Waals surface area contributed by atoms with Crippen molar-refractivity contribution in [1.82, 2.24) is 19.7 Å². The molecule has 3 aromatic heterocycles. The van der Waals surface area contributed by atoms with Crippen LogP contribution in [-0.4, -0.2) is 25.7 Å². The molecule has 0 unspecified atom stereocenters. The van der Waals surface area contributed by atoms with Gasteiger partial charge in [0.15, 0.2) is 11.6 Å². The minimum Gasteiger partial charge on any atom is -0.455 e. The summed E-state index contributed by atoms with van der Waals surface area (Å²) in [5, 5.41) is 6.65. The Labute approximate surface area is 119 Å². The van der Waals surface area contributed by atoms with Gasteiger partial charge < -0.3 is 15.5 Å². The Kier molecular flexibility index (Phi) is 3.44. The molecule has 3 N–H and O–H groups in total. The zero-order chi connectivity index (χ0) is 14.7. The van der Waals surface area contributed by atoms with Crippen molar-refractivity contribution in [3.63, 3.8) is 0 Å². The van der Waals surface area contributed by atoms with Crippen LogP contribution in [-0.2, 0) is 6.54 Å². The van der Waals surface area contributed by atoms with Gasteiger partial charge in [-0.2, -0.15) is 5.10 Å². The third-order valence-electron chi connectivity index (χ3n) is 2.75. The summed E-state index contributed by atoms with van der Waals surface area (Å²) in [6.45, 7) is 0.251. The molecule has 0 aliphatic carbocycles. The molecule has 0 radical (unpaired) electrons. The summed E-state index contributed by atoms with van der Waals surface area (Å²) in [5.74, 6) is 1.01. The monoisotopic (exact) mass is 284 g/mol. The molecule has 0 atom stereocenters. The second-order valence-corrected chi connectivity index (χ2v) is 4.17. The van der Waals surface area contributed by atoms with Crippen LogP contribution in [0.25, 0.3) is 5.82 Å². The summed E-state index contributed by atoms with van der Waals surface area (Å²) < 4.78 is 6.79. The van der Waals surface area contributed by atoms with Gasteiger partial charge in [-0.15, -0.1) is 0 Å². The fourth-order valence-corrected chi connectivity index (χ4v) is 1.72. The van der Waals surface area contributed by atoms with Gasteiger partial charge >= 0.3 is 0 Å². The molecule has 3 heterocycles. The van der Waals surface area contributed by atoms with Crippen molar-refractivity contribution in [1.29, 1.82) is 0 Å². The first-order valence-electron chi connectivity index (χ1n) is 6.17. The van der Waals surface area contributed by atoms with Gasteiger partial charge in [0, 0.05) is 0 Å². The summed E-state index contributed by atoms with van der Waals surface area (Å²) in [7, 11) is 0. The summed E-state index contributed by atoms with van der Waals surface area (Å²) in [6.07, 6.45) is 4.49. The Morgan fingerprint density at radius 1 is 1.33 bits per heavy atom. The van der Waals surface area contributed by atoms with E-state index in [4.69, 9.17) is 10.2 Å². The number of rotatable bonds is 4. The molecule has 0 fully saturated rings. The maximum atomic E-state index is 12.0. The van der Waals surface area contributed by atoms with Crippen LogP contribution in [0.15, 0.2) is 47.5 Å². The molecule has 0 saturated carbocycles. The molecule has 0 aromatic carbocycles. The molecule has 0 bridgehead atoms. The van der Waals surface area contributed by atoms with Crippen molar-refractivity contribution >= 4 is 11.6 Å². The lowest BCUT2D eigenvalue weighted by Gasteiger charge is -2.04. The fraction of sp³-hybridized carbons (Fsp3) is 0.0769. The van der Waals surface area contributed by atoms with Crippen LogP contribution in [0.4, 0.5) is 5.69 Å². The lowest BCUT2D eigenvalue weighted by molar-refractivity contribution is 0.0995.